The maximum atomic E-state index is 6.08. The van der Waals surface area contributed by atoms with Gasteiger partial charge in [0.1, 0.15) is 0 Å². The highest BCUT2D eigenvalue weighted by molar-refractivity contribution is 6.63. The van der Waals surface area contributed by atoms with Crippen LogP contribution in [0.3, 0.4) is 0 Å². The van der Waals surface area contributed by atoms with Crippen molar-refractivity contribution in [2.45, 2.75) is 44.0 Å². The molecule has 21 heavy (non-hydrogen) atoms. The van der Waals surface area contributed by atoms with Crippen molar-refractivity contribution in [3.63, 3.8) is 0 Å². The zero-order valence-electron chi connectivity index (χ0n) is 14.2. The summed E-state index contributed by atoms with van der Waals surface area (Å²) in [7, 11) is 5.94. The van der Waals surface area contributed by atoms with Crippen LogP contribution in [0.4, 0.5) is 0 Å². The number of aromatic nitrogens is 1. The van der Waals surface area contributed by atoms with Gasteiger partial charge in [-0.25, -0.2) is 4.98 Å². The summed E-state index contributed by atoms with van der Waals surface area (Å²) in [5, 5.41) is 0.0741. The molecule has 1 aromatic heterocycles. The minimum absolute atomic E-state index is 0.0741. The van der Waals surface area contributed by atoms with Gasteiger partial charge in [0.25, 0.3) is 0 Å². The SMILES string of the molecule is BC(B)(B)COc1ncccc1B1OC(C)(C)C(C)(C)O1. The Bertz CT molecular complexity index is 500. The van der Waals surface area contributed by atoms with E-state index in [1.54, 1.807) is 6.20 Å². The highest BCUT2D eigenvalue weighted by Crippen LogP contribution is 2.37. The van der Waals surface area contributed by atoms with Gasteiger partial charge >= 0.3 is 7.12 Å². The van der Waals surface area contributed by atoms with E-state index in [2.05, 4.69) is 28.5 Å². The zero-order valence-corrected chi connectivity index (χ0v) is 14.2. The third-order valence-electron chi connectivity index (χ3n) is 3.95. The minimum Gasteiger partial charge on any atom is -0.480 e. The van der Waals surface area contributed by atoms with Crippen molar-refractivity contribution in [1.29, 1.82) is 0 Å². The molecule has 0 saturated carbocycles. The third-order valence-corrected chi connectivity index (χ3v) is 3.95. The molecular weight excluding hydrogens is 261 g/mol. The molecule has 2 heterocycles. The van der Waals surface area contributed by atoms with Crippen molar-refractivity contribution >= 4 is 36.1 Å². The van der Waals surface area contributed by atoms with Gasteiger partial charge in [-0.1, -0.05) is 11.2 Å². The number of hydrogen-bond donors (Lipinski definition) is 0. The summed E-state index contributed by atoms with van der Waals surface area (Å²) in [6, 6.07) is 3.83. The summed E-state index contributed by atoms with van der Waals surface area (Å²) < 4.78 is 18.0. The molecule has 0 atom stereocenters. The van der Waals surface area contributed by atoms with Gasteiger partial charge in [0.15, 0.2) is 0 Å². The summed E-state index contributed by atoms with van der Waals surface area (Å²) in [6.45, 7) is 8.76. The van der Waals surface area contributed by atoms with Crippen molar-refractivity contribution < 1.29 is 14.0 Å². The van der Waals surface area contributed by atoms with Gasteiger partial charge in [-0.2, -0.15) is 0 Å². The molecule has 0 bridgehead atoms. The Balaban J connectivity index is 2.22. The van der Waals surface area contributed by atoms with E-state index in [0.717, 1.165) is 5.46 Å². The van der Waals surface area contributed by atoms with E-state index in [1.807, 2.05) is 39.8 Å². The van der Waals surface area contributed by atoms with Crippen LogP contribution in [0.1, 0.15) is 27.7 Å². The first-order valence-corrected chi connectivity index (χ1v) is 7.45. The summed E-state index contributed by atoms with van der Waals surface area (Å²) in [4.78, 5) is 4.34. The second-order valence-electron chi connectivity index (χ2n) is 7.84. The van der Waals surface area contributed by atoms with Crippen LogP contribution >= 0.6 is 0 Å². The Labute approximate surface area is 130 Å². The Hall–Kier alpha value is -0.870. The number of pyridine rings is 1. The smallest absolute Gasteiger partial charge is 0.480 e. The average Bonchev–Trinajstić information content (AvgIpc) is 2.55. The normalized spacial score (nSPS) is 20.5. The Morgan fingerprint density at radius 2 is 1.76 bits per heavy atom. The van der Waals surface area contributed by atoms with E-state index in [1.165, 1.54) is 0 Å². The van der Waals surface area contributed by atoms with E-state index in [-0.39, 0.29) is 16.3 Å². The molecule has 0 N–H and O–H groups in total. The number of nitrogens with zero attached hydrogens (tertiary/aromatic N) is 1. The molecule has 0 spiro atoms. The van der Waals surface area contributed by atoms with Crippen LogP contribution in [0.5, 0.6) is 5.88 Å². The molecule has 8 heteroatoms. The predicted molar refractivity (Wildman–Crippen MR) is 93.8 cm³/mol. The maximum absolute atomic E-state index is 6.08. The molecule has 1 aromatic rings. The predicted octanol–water partition coefficient (Wildman–Crippen LogP) is -1.27. The fraction of sp³-hybridized carbons (Fsp3) is 0.615. The lowest BCUT2D eigenvalue weighted by molar-refractivity contribution is 0.00578. The van der Waals surface area contributed by atoms with Crippen molar-refractivity contribution in [3.05, 3.63) is 18.3 Å². The Morgan fingerprint density at radius 3 is 2.29 bits per heavy atom. The first kappa shape index (κ1) is 16.5. The number of ether oxygens (including phenoxy) is 1. The van der Waals surface area contributed by atoms with Crippen LogP contribution in [-0.2, 0) is 9.31 Å². The van der Waals surface area contributed by atoms with Crippen LogP contribution in [0.25, 0.3) is 0 Å². The van der Waals surface area contributed by atoms with Gasteiger partial charge < -0.3 is 14.0 Å². The van der Waals surface area contributed by atoms with Gasteiger partial charge in [0.2, 0.25) is 5.88 Å². The lowest BCUT2D eigenvalue weighted by atomic mass is 9.43. The van der Waals surface area contributed by atoms with Crippen LogP contribution in [-0.4, -0.2) is 53.5 Å². The van der Waals surface area contributed by atoms with Gasteiger partial charge in [-0.05, 0) is 33.8 Å². The van der Waals surface area contributed by atoms with Crippen LogP contribution in [0.2, 0.25) is 5.11 Å². The molecule has 0 unspecified atom stereocenters. The molecule has 0 aliphatic carbocycles. The molecule has 1 saturated heterocycles. The summed E-state index contributed by atoms with van der Waals surface area (Å²) in [6.07, 6.45) is 1.73. The molecule has 1 fully saturated rings. The lowest BCUT2D eigenvalue weighted by Crippen LogP contribution is -2.41. The van der Waals surface area contributed by atoms with Gasteiger partial charge in [-0.15, -0.1) is 0 Å². The molecule has 110 valence electrons. The molecule has 1 aliphatic rings. The fourth-order valence-corrected chi connectivity index (χ4v) is 1.96. The van der Waals surface area contributed by atoms with Crippen LogP contribution < -0.4 is 10.2 Å². The standard InChI is InChI=1S/C13H23B4NO3/c1-11(2)12(3,4)21-17(20-11)9-6-5-7-18-10(9)19-8-13(14,15)16/h5-7H,8,14-16H2,1-4H3. The van der Waals surface area contributed by atoms with E-state index >= 15 is 0 Å². The number of rotatable bonds is 4. The highest BCUT2D eigenvalue weighted by Gasteiger charge is 2.52. The van der Waals surface area contributed by atoms with Gasteiger partial charge in [0, 0.05) is 11.7 Å². The molecule has 2 rings (SSSR count). The molecule has 0 amide bonds. The van der Waals surface area contributed by atoms with Crippen LogP contribution in [0.15, 0.2) is 18.3 Å². The molecular formula is C13H23B4NO3. The molecule has 0 aromatic carbocycles. The minimum atomic E-state index is -0.446. The van der Waals surface area contributed by atoms with E-state index in [4.69, 9.17) is 14.0 Å². The first-order valence-electron chi connectivity index (χ1n) is 7.45. The fourth-order valence-electron chi connectivity index (χ4n) is 1.96. The van der Waals surface area contributed by atoms with Crippen molar-refractivity contribution in [2.75, 3.05) is 6.61 Å². The Morgan fingerprint density at radius 1 is 1.19 bits per heavy atom. The summed E-state index contributed by atoms with van der Waals surface area (Å²) >= 11 is 0. The molecule has 4 nitrogen and oxygen atoms in total. The Kier molecular flexibility index (Phi) is 4.24. The van der Waals surface area contributed by atoms with Crippen molar-refractivity contribution in [2.24, 2.45) is 0 Å². The molecule has 1 aliphatic heterocycles. The highest BCUT2D eigenvalue weighted by atomic mass is 16.7. The third kappa shape index (κ3) is 3.67. The van der Waals surface area contributed by atoms with Gasteiger partial charge in [-0.3, -0.25) is 0 Å². The van der Waals surface area contributed by atoms with Crippen LogP contribution in [0, 0.1) is 0 Å². The lowest BCUT2D eigenvalue weighted by Gasteiger charge is -2.32. The first-order chi connectivity index (χ1) is 9.52. The monoisotopic (exact) mass is 285 g/mol. The quantitative estimate of drug-likeness (QED) is 0.647. The van der Waals surface area contributed by atoms with E-state index in [9.17, 15) is 0 Å². The van der Waals surface area contributed by atoms with E-state index < -0.39 is 7.12 Å². The average molecular weight is 285 g/mol. The summed E-state index contributed by atoms with van der Waals surface area (Å²) in [5.41, 5.74) is 0.115. The topological polar surface area (TPSA) is 40.6 Å². The molecule has 0 radical (unpaired) electrons. The summed E-state index contributed by atoms with van der Waals surface area (Å²) in [5.74, 6) is 0.589. The number of hydrogen-bond acceptors (Lipinski definition) is 4. The van der Waals surface area contributed by atoms with Crippen molar-refractivity contribution in [1.82, 2.24) is 4.98 Å². The zero-order chi connectivity index (χ0) is 15.9. The second-order valence-corrected chi connectivity index (χ2v) is 7.84. The second kappa shape index (κ2) is 5.40. The maximum Gasteiger partial charge on any atom is 0.500 e. The van der Waals surface area contributed by atoms with Gasteiger partial charge in [0.05, 0.1) is 41.3 Å². The van der Waals surface area contributed by atoms with E-state index in [0.29, 0.717) is 12.5 Å². The largest absolute Gasteiger partial charge is 0.500 e. The van der Waals surface area contributed by atoms with Crippen molar-refractivity contribution in [3.8, 4) is 5.88 Å².